The summed E-state index contributed by atoms with van der Waals surface area (Å²) in [6.45, 7) is 0.106. The van der Waals surface area contributed by atoms with Gasteiger partial charge in [-0.3, -0.25) is 29.7 Å². The maximum absolute atomic E-state index is 11.9. The van der Waals surface area contributed by atoms with Crippen molar-refractivity contribution < 1.29 is 14.6 Å². The van der Waals surface area contributed by atoms with Gasteiger partial charge in [-0.05, 0) is 6.07 Å². The molecule has 2 aromatic rings. The number of hydrogen-bond donors (Lipinski definition) is 1. The SMILES string of the molecule is N#Cc1cc([N+](=O)[O-])ccc1NC(=O)CCn1cc([N+](=O)[O-])cn1. The Bertz CT molecular complexity index is 853. The second kappa shape index (κ2) is 6.97. The number of carbonyl (C=O) groups excluding carboxylic acids is 1. The Morgan fingerprint density at radius 2 is 2.00 bits per heavy atom. The van der Waals surface area contributed by atoms with Crippen LogP contribution in [0, 0.1) is 31.6 Å². The molecular formula is C13H10N6O5. The van der Waals surface area contributed by atoms with Gasteiger partial charge in [0.1, 0.15) is 18.5 Å². The van der Waals surface area contributed by atoms with Gasteiger partial charge in [0.15, 0.2) is 0 Å². The summed E-state index contributed by atoms with van der Waals surface area (Å²) in [6, 6.07) is 5.28. The monoisotopic (exact) mass is 330 g/mol. The summed E-state index contributed by atoms with van der Waals surface area (Å²) < 4.78 is 1.25. The van der Waals surface area contributed by atoms with Gasteiger partial charge in [-0.2, -0.15) is 10.4 Å². The van der Waals surface area contributed by atoms with E-state index in [0.717, 1.165) is 12.3 Å². The van der Waals surface area contributed by atoms with Gasteiger partial charge in [0.2, 0.25) is 5.91 Å². The third kappa shape index (κ3) is 3.89. The van der Waals surface area contributed by atoms with E-state index in [1.807, 2.05) is 0 Å². The maximum atomic E-state index is 11.9. The van der Waals surface area contributed by atoms with Gasteiger partial charge in [0.05, 0.1) is 21.1 Å². The van der Waals surface area contributed by atoms with Gasteiger partial charge in [0, 0.05) is 25.1 Å². The number of rotatable bonds is 6. The Balaban J connectivity index is 2.00. The topological polar surface area (TPSA) is 157 Å². The van der Waals surface area contributed by atoms with Crippen molar-refractivity contribution in [2.75, 3.05) is 5.32 Å². The van der Waals surface area contributed by atoms with E-state index in [4.69, 9.17) is 5.26 Å². The highest BCUT2D eigenvalue weighted by Gasteiger charge is 2.13. The van der Waals surface area contributed by atoms with Crippen molar-refractivity contribution in [2.24, 2.45) is 0 Å². The molecule has 1 amide bonds. The van der Waals surface area contributed by atoms with Crippen molar-refractivity contribution in [1.82, 2.24) is 9.78 Å². The molecule has 1 N–H and O–H groups in total. The van der Waals surface area contributed by atoms with E-state index in [1.54, 1.807) is 6.07 Å². The molecule has 1 heterocycles. The highest BCUT2D eigenvalue weighted by Crippen LogP contribution is 2.21. The zero-order valence-electron chi connectivity index (χ0n) is 12.1. The van der Waals surface area contributed by atoms with E-state index >= 15 is 0 Å². The Labute approximate surface area is 134 Å². The lowest BCUT2D eigenvalue weighted by atomic mass is 10.1. The lowest BCUT2D eigenvalue weighted by Gasteiger charge is -2.07. The van der Waals surface area contributed by atoms with E-state index in [1.165, 1.54) is 23.0 Å². The van der Waals surface area contributed by atoms with Crippen LogP contribution in [-0.4, -0.2) is 25.5 Å². The molecule has 0 aliphatic heterocycles. The number of hydrogen-bond acceptors (Lipinski definition) is 7. The van der Waals surface area contributed by atoms with Gasteiger partial charge in [-0.15, -0.1) is 0 Å². The van der Waals surface area contributed by atoms with Gasteiger partial charge in [-0.1, -0.05) is 0 Å². The molecular weight excluding hydrogens is 320 g/mol. The van der Waals surface area contributed by atoms with Crippen LogP contribution in [0.2, 0.25) is 0 Å². The van der Waals surface area contributed by atoms with Crippen molar-refractivity contribution in [3.63, 3.8) is 0 Å². The van der Waals surface area contributed by atoms with Crippen LogP contribution in [0.4, 0.5) is 17.1 Å². The summed E-state index contributed by atoms with van der Waals surface area (Å²) in [6.07, 6.45) is 2.22. The molecule has 0 saturated carbocycles. The van der Waals surface area contributed by atoms with Crippen LogP contribution in [0.3, 0.4) is 0 Å². The first-order valence-electron chi connectivity index (χ1n) is 6.56. The molecule has 122 valence electrons. The van der Waals surface area contributed by atoms with Crippen LogP contribution in [0.25, 0.3) is 0 Å². The summed E-state index contributed by atoms with van der Waals surface area (Å²) in [7, 11) is 0. The molecule has 11 heteroatoms. The average Bonchev–Trinajstić information content (AvgIpc) is 3.02. The van der Waals surface area contributed by atoms with Crippen molar-refractivity contribution in [3.8, 4) is 6.07 Å². The number of nitrogens with one attached hydrogen (secondary N) is 1. The first-order valence-corrected chi connectivity index (χ1v) is 6.56. The normalized spacial score (nSPS) is 9.96. The third-order valence-electron chi connectivity index (χ3n) is 3.01. The molecule has 2 rings (SSSR count). The number of amides is 1. The highest BCUT2D eigenvalue weighted by molar-refractivity contribution is 5.92. The van der Waals surface area contributed by atoms with Crippen LogP contribution in [0.15, 0.2) is 30.6 Å². The lowest BCUT2D eigenvalue weighted by molar-refractivity contribution is -0.385. The first kappa shape index (κ1) is 16.6. The van der Waals surface area contributed by atoms with Crippen LogP contribution >= 0.6 is 0 Å². The number of aryl methyl sites for hydroxylation is 1. The average molecular weight is 330 g/mol. The number of nitro groups is 2. The summed E-state index contributed by atoms with van der Waals surface area (Å²) in [4.78, 5) is 31.8. The van der Waals surface area contributed by atoms with Crippen LogP contribution < -0.4 is 5.32 Å². The van der Waals surface area contributed by atoms with Gasteiger partial charge >= 0.3 is 5.69 Å². The number of carbonyl (C=O) groups is 1. The molecule has 24 heavy (non-hydrogen) atoms. The lowest BCUT2D eigenvalue weighted by Crippen LogP contribution is -2.15. The van der Waals surface area contributed by atoms with E-state index in [0.29, 0.717) is 0 Å². The number of benzene rings is 1. The Kier molecular flexibility index (Phi) is 4.81. The minimum absolute atomic E-state index is 0.0349. The molecule has 0 unspecified atom stereocenters. The van der Waals surface area contributed by atoms with Crippen molar-refractivity contribution in [1.29, 1.82) is 5.26 Å². The zero-order chi connectivity index (χ0) is 17.7. The Morgan fingerprint density at radius 1 is 1.29 bits per heavy atom. The first-order chi connectivity index (χ1) is 11.4. The Morgan fingerprint density at radius 3 is 2.58 bits per heavy atom. The predicted octanol–water partition coefficient (Wildman–Crippen LogP) is 1.60. The molecule has 0 bridgehead atoms. The van der Waals surface area contributed by atoms with E-state index in [-0.39, 0.29) is 35.6 Å². The predicted molar refractivity (Wildman–Crippen MR) is 79.9 cm³/mol. The fraction of sp³-hybridized carbons (Fsp3) is 0.154. The quantitative estimate of drug-likeness (QED) is 0.622. The van der Waals surface area contributed by atoms with Crippen LogP contribution in [0.1, 0.15) is 12.0 Å². The van der Waals surface area contributed by atoms with Gasteiger partial charge < -0.3 is 5.32 Å². The molecule has 0 radical (unpaired) electrons. The van der Waals surface area contributed by atoms with Crippen molar-refractivity contribution in [3.05, 3.63) is 56.4 Å². The number of anilines is 1. The second-order valence-corrected chi connectivity index (χ2v) is 4.62. The molecule has 1 aromatic carbocycles. The maximum Gasteiger partial charge on any atom is 0.306 e. The van der Waals surface area contributed by atoms with E-state index in [2.05, 4.69) is 10.4 Å². The van der Waals surface area contributed by atoms with Crippen molar-refractivity contribution >= 4 is 23.0 Å². The largest absolute Gasteiger partial charge is 0.325 e. The standard InChI is InChI=1S/C13H10N6O5/c14-6-9-5-10(18(21)22)1-2-12(9)16-13(20)3-4-17-8-11(7-15-17)19(23)24/h1-2,5,7-8H,3-4H2,(H,16,20). The number of nitro benzene ring substituents is 1. The van der Waals surface area contributed by atoms with E-state index in [9.17, 15) is 25.0 Å². The summed E-state index contributed by atoms with van der Waals surface area (Å²) in [5.41, 5.74) is -0.322. The van der Waals surface area contributed by atoms with E-state index < -0.39 is 15.8 Å². The molecule has 1 aromatic heterocycles. The fourth-order valence-corrected chi connectivity index (χ4v) is 1.85. The summed E-state index contributed by atoms with van der Waals surface area (Å²) >= 11 is 0. The smallest absolute Gasteiger partial charge is 0.306 e. The van der Waals surface area contributed by atoms with Crippen LogP contribution in [0.5, 0.6) is 0 Å². The summed E-state index contributed by atoms with van der Waals surface area (Å²) in [5.74, 6) is -0.460. The summed E-state index contributed by atoms with van der Waals surface area (Å²) in [5, 5.41) is 36.4. The second-order valence-electron chi connectivity index (χ2n) is 4.62. The molecule has 0 atom stereocenters. The minimum atomic E-state index is -0.642. The number of aromatic nitrogens is 2. The molecule has 0 aliphatic rings. The third-order valence-corrected chi connectivity index (χ3v) is 3.01. The molecule has 0 saturated heterocycles. The zero-order valence-corrected chi connectivity index (χ0v) is 12.1. The number of non-ortho nitro benzene ring substituents is 1. The molecule has 0 fully saturated rings. The Hall–Kier alpha value is -3.81. The number of nitrogens with zero attached hydrogens (tertiary/aromatic N) is 5. The van der Waals surface area contributed by atoms with Gasteiger partial charge in [-0.25, -0.2) is 0 Å². The fourth-order valence-electron chi connectivity index (χ4n) is 1.85. The molecule has 0 aliphatic carbocycles. The van der Waals surface area contributed by atoms with Gasteiger partial charge in [0.25, 0.3) is 5.69 Å². The minimum Gasteiger partial charge on any atom is -0.325 e. The number of nitriles is 1. The molecule has 11 nitrogen and oxygen atoms in total. The van der Waals surface area contributed by atoms with Crippen molar-refractivity contribution in [2.45, 2.75) is 13.0 Å². The van der Waals surface area contributed by atoms with Crippen LogP contribution in [-0.2, 0) is 11.3 Å². The molecule has 0 spiro atoms. The highest BCUT2D eigenvalue weighted by atomic mass is 16.6.